The summed E-state index contributed by atoms with van der Waals surface area (Å²) in [5.74, 6) is 0.998. The van der Waals surface area contributed by atoms with Gasteiger partial charge in [-0.15, -0.1) is 0 Å². The molecule has 0 spiro atoms. The Hall–Kier alpha value is -3.17. The van der Waals surface area contributed by atoms with E-state index >= 15 is 0 Å². The number of sulfonamides is 1. The van der Waals surface area contributed by atoms with Gasteiger partial charge in [0.25, 0.3) is 0 Å². The molecule has 0 saturated heterocycles. The van der Waals surface area contributed by atoms with Crippen LogP contribution in [0.5, 0.6) is 0 Å². The van der Waals surface area contributed by atoms with Gasteiger partial charge in [0, 0.05) is 5.56 Å². The number of urea groups is 1. The van der Waals surface area contributed by atoms with E-state index < -0.39 is 16.1 Å². The van der Waals surface area contributed by atoms with Gasteiger partial charge in [0.15, 0.2) is 5.76 Å². The minimum absolute atomic E-state index is 0.00360. The molecular formula is C20H22N4O4S. The fraction of sp³-hybridized carbons (Fsp3) is 0.200. The number of nitrogens with one attached hydrogen (secondary N) is 2. The molecule has 1 atom stereocenters. The number of aromatic nitrogens is 1. The van der Waals surface area contributed by atoms with Crippen molar-refractivity contribution >= 4 is 16.1 Å². The highest BCUT2D eigenvalue weighted by atomic mass is 32.2. The lowest BCUT2D eigenvalue weighted by Crippen LogP contribution is -2.37. The van der Waals surface area contributed by atoms with E-state index in [0.717, 1.165) is 5.56 Å². The van der Waals surface area contributed by atoms with Crippen LogP contribution < -0.4 is 15.8 Å². The van der Waals surface area contributed by atoms with E-state index in [1.165, 1.54) is 12.1 Å². The molecule has 0 aliphatic rings. The number of carbonyl (C=O) groups is 1. The second-order valence-corrected chi connectivity index (χ2v) is 7.95. The highest BCUT2D eigenvalue weighted by Crippen LogP contribution is 2.21. The number of nitrogens with zero attached hydrogens (tertiary/aromatic N) is 1. The van der Waals surface area contributed by atoms with Gasteiger partial charge in [0.2, 0.25) is 15.9 Å². The average molecular weight is 414 g/mol. The largest absolute Gasteiger partial charge is 0.439 e. The molecule has 0 aliphatic heterocycles. The number of oxazole rings is 1. The minimum Gasteiger partial charge on any atom is -0.439 e. The van der Waals surface area contributed by atoms with E-state index in [-0.39, 0.29) is 17.5 Å². The highest BCUT2D eigenvalue weighted by molar-refractivity contribution is 7.89. The zero-order chi connectivity index (χ0) is 20.9. The molecule has 0 radical (unpaired) electrons. The Kier molecular flexibility index (Phi) is 6.30. The van der Waals surface area contributed by atoms with Crippen molar-refractivity contribution in [2.24, 2.45) is 5.14 Å². The topological polar surface area (TPSA) is 127 Å². The lowest BCUT2D eigenvalue weighted by molar-refractivity contribution is 0.235. The fourth-order valence-electron chi connectivity index (χ4n) is 2.82. The number of hydrogen-bond donors (Lipinski definition) is 3. The molecule has 152 valence electrons. The van der Waals surface area contributed by atoms with Gasteiger partial charge in [0.1, 0.15) is 0 Å². The molecule has 9 heteroatoms. The molecule has 3 aromatic rings. The molecule has 8 nitrogen and oxygen atoms in total. The van der Waals surface area contributed by atoms with Crippen molar-refractivity contribution in [3.63, 3.8) is 0 Å². The van der Waals surface area contributed by atoms with Crippen molar-refractivity contribution in [2.75, 3.05) is 0 Å². The van der Waals surface area contributed by atoms with Crippen LogP contribution in [0.3, 0.4) is 0 Å². The Bertz CT molecular complexity index is 1080. The number of amides is 2. The first-order valence-electron chi connectivity index (χ1n) is 9.04. The third kappa shape index (κ3) is 5.43. The summed E-state index contributed by atoms with van der Waals surface area (Å²) in [4.78, 5) is 16.5. The first-order chi connectivity index (χ1) is 13.9. The maximum atomic E-state index is 12.3. The SMILES string of the molecule is CCC(NC(=O)NCc1ncc(-c2ccccc2)o1)c1cccc(S(N)(=O)=O)c1. The predicted molar refractivity (Wildman–Crippen MR) is 108 cm³/mol. The third-order valence-corrected chi connectivity index (χ3v) is 5.23. The van der Waals surface area contributed by atoms with Gasteiger partial charge in [-0.1, -0.05) is 49.4 Å². The van der Waals surface area contributed by atoms with Crippen LogP contribution in [0.1, 0.15) is 30.8 Å². The molecule has 2 aromatic carbocycles. The van der Waals surface area contributed by atoms with Crippen LogP contribution in [0.2, 0.25) is 0 Å². The van der Waals surface area contributed by atoms with Gasteiger partial charge in [0.05, 0.1) is 23.7 Å². The average Bonchev–Trinajstić information content (AvgIpc) is 3.20. The van der Waals surface area contributed by atoms with Crippen LogP contribution in [-0.4, -0.2) is 19.4 Å². The molecule has 0 fully saturated rings. The van der Waals surface area contributed by atoms with E-state index in [1.807, 2.05) is 37.3 Å². The Morgan fingerprint density at radius 3 is 2.62 bits per heavy atom. The fourth-order valence-corrected chi connectivity index (χ4v) is 3.39. The van der Waals surface area contributed by atoms with E-state index in [2.05, 4.69) is 15.6 Å². The number of nitrogens with two attached hydrogens (primary N) is 1. The van der Waals surface area contributed by atoms with Crippen LogP contribution >= 0.6 is 0 Å². The normalized spacial score (nSPS) is 12.3. The van der Waals surface area contributed by atoms with Crippen molar-refractivity contribution < 1.29 is 17.6 Å². The first kappa shape index (κ1) is 20.6. The molecule has 2 amide bonds. The van der Waals surface area contributed by atoms with Crippen molar-refractivity contribution in [2.45, 2.75) is 30.8 Å². The quantitative estimate of drug-likeness (QED) is 0.548. The summed E-state index contributed by atoms with van der Waals surface area (Å²) in [6.45, 7) is 2.00. The molecule has 4 N–H and O–H groups in total. The molecule has 0 bridgehead atoms. The molecular weight excluding hydrogens is 392 g/mol. The summed E-state index contributed by atoms with van der Waals surface area (Å²) < 4.78 is 28.7. The van der Waals surface area contributed by atoms with E-state index in [9.17, 15) is 13.2 Å². The maximum absolute atomic E-state index is 12.3. The zero-order valence-electron chi connectivity index (χ0n) is 15.8. The predicted octanol–water partition coefficient (Wildman–Crippen LogP) is 2.94. The van der Waals surface area contributed by atoms with Crippen molar-refractivity contribution in [1.82, 2.24) is 15.6 Å². The van der Waals surface area contributed by atoms with E-state index in [4.69, 9.17) is 9.56 Å². The van der Waals surface area contributed by atoms with Crippen molar-refractivity contribution in [3.8, 4) is 11.3 Å². The van der Waals surface area contributed by atoms with Crippen molar-refractivity contribution in [3.05, 3.63) is 72.2 Å². The van der Waals surface area contributed by atoms with Gasteiger partial charge in [-0.25, -0.2) is 23.3 Å². The second kappa shape index (κ2) is 8.89. The summed E-state index contributed by atoms with van der Waals surface area (Å²) in [6.07, 6.45) is 2.18. The molecule has 0 saturated carbocycles. The van der Waals surface area contributed by atoms with Crippen molar-refractivity contribution in [1.29, 1.82) is 0 Å². The summed E-state index contributed by atoms with van der Waals surface area (Å²) >= 11 is 0. The molecule has 3 rings (SSSR count). The monoisotopic (exact) mass is 414 g/mol. The molecule has 1 aromatic heterocycles. The number of carbonyl (C=O) groups excluding carboxylic acids is 1. The minimum atomic E-state index is -3.81. The Labute approximate surface area is 169 Å². The van der Waals surface area contributed by atoms with Gasteiger partial charge < -0.3 is 15.1 Å². The van der Waals surface area contributed by atoms with Gasteiger partial charge >= 0.3 is 6.03 Å². The first-order valence-corrected chi connectivity index (χ1v) is 10.6. The summed E-state index contributed by atoms with van der Waals surface area (Å²) in [5.41, 5.74) is 1.55. The number of hydrogen-bond acceptors (Lipinski definition) is 5. The molecule has 29 heavy (non-hydrogen) atoms. The molecule has 0 aliphatic carbocycles. The summed E-state index contributed by atoms with van der Waals surface area (Å²) in [6, 6.07) is 14.9. The smallest absolute Gasteiger partial charge is 0.315 e. The maximum Gasteiger partial charge on any atom is 0.315 e. The Morgan fingerprint density at radius 2 is 1.93 bits per heavy atom. The second-order valence-electron chi connectivity index (χ2n) is 6.39. The van der Waals surface area contributed by atoms with Crippen LogP contribution in [0.25, 0.3) is 11.3 Å². The van der Waals surface area contributed by atoms with E-state index in [0.29, 0.717) is 23.6 Å². The van der Waals surface area contributed by atoms with Gasteiger partial charge in [-0.05, 0) is 24.1 Å². The van der Waals surface area contributed by atoms with Gasteiger partial charge in [-0.2, -0.15) is 0 Å². The van der Waals surface area contributed by atoms with Crippen LogP contribution in [-0.2, 0) is 16.6 Å². The lowest BCUT2D eigenvalue weighted by Gasteiger charge is -2.18. The number of rotatable bonds is 7. The molecule has 1 unspecified atom stereocenters. The third-order valence-electron chi connectivity index (χ3n) is 4.31. The van der Waals surface area contributed by atoms with E-state index in [1.54, 1.807) is 18.3 Å². The summed E-state index contributed by atoms with van der Waals surface area (Å²) in [5, 5.41) is 10.7. The zero-order valence-corrected chi connectivity index (χ0v) is 16.6. The Balaban J connectivity index is 1.61. The number of benzene rings is 2. The van der Waals surface area contributed by atoms with Gasteiger partial charge in [-0.3, -0.25) is 0 Å². The van der Waals surface area contributed by atoms with Crippen LogP contribution in [0.4, 0.5) is 4.79 Å². The lowest BCUT2D eigenvalue weighted by atomic mass is 10.1. The highest BCUT2D eigenvalue weighted by Gasteiger charge is 2.16. The van der Waals surface area contributed by atoms with Crippen LogP contribution in [0.15, 0.2) is 70.1 Å². The standard InChI is InChI=1S/C20H22N4O4S/c1-2-17(15-9-6-10-16(11-15)29(21,26)27)24-20(25)23-13-19-22-12-18(28-19)14-7-4-3-5-8-14/h3-12,17H,2,13H2,1H3,(H2,21,26,27)(H2,23,24,25). The number of primary sulfonamides is 1. The Morgan fingerprint density at radius 1 is 1.17 bits per heavy atom. The molecule has 1 heterocycles. The van der Waals surface area contributed by atoms with Crippen LogP contribution in [0, 0.1) is 0 Å². The summed E-state index contributed by atoms with van der Waals surface area (Å²) in [7, 11) is -3.81.